The molecule has 0 aromatic heterocycles. The van der Waals surface area contributed by atoms with Crippen LogP contribution in [0.5, 0.6) is 11.5 Å². The quantitative estimate of drug-likeness (QED) is 0.911. The summed E-state index contributed by atoms with van der Waals surface area (Å²) in [4.78, 5) is 0.136. The molecule has 0 aliphatic rings. The largest absolute Gasteiger partial charge is 0.872 e. The zero-order valence-electron chi connectivity index (χ0n) is 13.6. The Bertz CT molecular complexity index is 796. The number of sulfonamides is 1. The molecule has 0 bridgehead atoms. The number of nitrogens with one attached hydrogen (secondary N) is 1. The minimum absolute atomic E-state index is 0.0249. The van der Waals surface area contributed by atoms with Crippen LogP contribution in [0.2, 0.25) is 0 Å². The molecule has 2 aromatic rings. The Labute approximate surface area is 137 Å². The summed E-state index contributed by atoms with van der Waals surface area (Å²) in [6, 6.07) is 9.20. The molecule has 5 nitrogen and oxygen atoms in total. The van der Waals surface area contributed by atoms with Gasteiger partial charge in [-0.1, -0.05) is 25.5 Å². The van der Waals surface area contributed by atoms with Crippen LogP contribution in [0.4, 0.5) is 5.69 Å². The first-order chi connectivity index (χ1) is 10.7. The van der Waals surface area contributed by atoms with Crippen molar-refractivity contribution in [2.45, 2.75) is 31.6 Å². The Balaban J connectivity index is 2.42. The van der Waals surface area contributed by atoms with Crippen LogP contribution in [0.1, 0.15) is 30.9 Å². The first-order valence-corrected chi connectivity index (χ1v) is 8.71. The van der Waals surface area contributed by atoms with Gasteiger partial charge in [0, 0.05) is 0 Å². The van der Waals surface area contributed by atoms with E-state index in [1.54, 1.807) is 25.1 Å². The fourth-order valence-corrected chi connectivity index (χ4v) is 3.31. The van der Waals surface area contributed by atoms with Crippen LogP contribution in [0.3, 0.4) is 0 Å². The zero-order valence-corrected chi connectivity index (χ0v) is 14.4. The SMILES string of the molecule is COc1ccc(S(=O)(=O)Nc2cc(C)c([O-])cc2C(C)C)cc1. The molecule has 2 aromatic carbocycles. The summed E-state index contributed by atoms with van der Waals surface area (Å²) >= 11 is 0. The smallest absolute Gasteiger partial charge is 0.261 e. The molecule has 23 heavy (non-hydrogen) atoms. The highest BCUT2D eigenvalue weighted by Crippen LogP contribution is 2.31. The van der Waals surface area contributed by atoms with Crippen molar-refractivity contribution in [2.24, 2.45) is 0 Å². The lowest BCUT2D eigenvalue weighted by atomic mass is 9.99. The Morgan fingerprint density at radius 2 is 1.74 bits per heavy atom. The molecule has 0 radical (unpaired) electrons. The van der Waals surface area contributed by atoms with Crippen LogP contribution in [-0.4, -0.2) is 15.5 Å². The van der Waals surface area contributed by atoms with Gasteiger partial charge >= 0.3 is 0 Å². The van der Waals surface area contributed by atoms with E-state index in [1.165, 1.54) is 25.3 Å². The topological polar surface area (TPSA) is 78.5 Å². The number of methoxy groups -OCH3 is 1. The zero-order chi connectivity index (χ0) is 17.2. The molecule has 0 saturated heterocycles. The number of aryl methyl sites for hydroxylation is 1. The first kappa shape index (κ1) is 17.1. The van der Waals surface area contributed by atoms with Crippen molar-refractivity contribution in [2.75, 3.05) is 11.8 Å². The number of rotatable bonds is 5. The Morgan fingerprint density at radius 3 is 2.26 bits per heavy atom. The summed E-state index contributed by atoms with van der Waals surface area (Å²) in [5, 5.41) is 11.8. The van der Waals surface area contributed by atoms with Gasteiger partial charge in [0.2, 0.25) is 0 Å². The van der Waals surface area contributed by atoms with E-state index in [9.17, 15) is 13.5 Å². The molecular formula is C17H20NO4S-. The fraction of sp³-hybridized carbons (Fsp3) is 0.294. The highest BCUT2D eigenvalue weighted by molar-refractivity contribution is 7.92. The van der Waals surface area contributed by atoms with E-state index in [0.717, 1.165) is 0 Å². The monoisotopic (exact) mass is 334 g/mol. The van der Waals surface area contributed by atoms with E-state index in [-0.39, 0.29) is 16.6 Å². The van der Waals surface area contributed by atoms with E-state index in [0.29, 0.717) is 22.6 Å². The summed E-state index contributed by atoms with van der Waals surface area (Å²) in [6.45, 7) is 5.49. The van der Waals surface area contributed by atoms with E-state index in [1.807, 2.05) is 13.8 Å². The standard InChI is InChI=1S/C17H21NO4S/c1-11(2)15-10-17(19)12(3)9-16(15)18-23(20,21)14-7-5-13(22-4)6-8-14/h5-11,18-19H,1-4H3/p-1. The lowest BCUT2D eigenvalue weighted by Gasteiger charge is -2.20. The summed E-state index contributed by atoms with van der Waals surface area (Å²) in [5.74, 6) is 0.510. The fourth-order valence-electron chi connectivity index (χ4n) is 2.23. The van der Waals surface area contributed by atoms with Gasteiger partial charge in [0.1, 0.15) is 5.75 Å². The van der Waals surface area contributed by atoms with Gasteiger partial charge in [-0.2, -0.15) is 0 Å². The maximum atomic E-state index is 12.5. The average molecular weight is 334 g/mol. The van der Waals surface area contributed by atoms with Gasteiger partial charge in [-0.15, -0.1) is 5.75 Å². The van der Waals surface area contributed by atoms with Gasteiger partial charge in [-0.3, -0.25) is 4.72 Å². The van der Waals surface area contributed by atoms with Crippen LogP contribution in [0.25, 0.3) is 0 Å². The third-order valence-corrected chi connectivity index (χ3v) is 4.96. The van der Waals surface area contributed by atoms with Crippen molar-refractivity contribution in [1.82, 2.24) is 0 Å². The predicted molar refractivity (Wildman–Crippen MR) is 88.5 cm³/mol. The van der Waals surface area contributed by atoms with E-state index in [4.69, 9.17) is 4.74 Å². The minimum Gasteiger partial charge on any atom is -0.872 e. The molecule has 0 amide bonds. The van der Waals surface area contributed by atoms with Crippen molar-refractivity contribution in [1.29, 1.82) is 0 Å². The third-order valence-electron chi connectivity index (χ3n) is 3.58. The van der Waals surface area contributed by atoms with Gasteiger partial charge in [0.25, 0.3) is 10.0 Å². The molecule has 0 aliphatic carbocycles. The first-order valence-electron chi connectivity index (χ1n) is 7.23. The van der Waals surface area contributed by atoms with Gasteiger partial charge < -0.3 is 9.84 Å². The second kappa shape index (κ2) is 6.50. The van der Waals surface area contributed by atoms with Crippen molar-refractivity contribution in [3.05, 3.63) is 47.5 Å². The molecule has 124 valence electrons. The molecule has 1 N–H and O–H groups in total. The van der Waals surface area contributed by atoms with E-state index >= 15 is 0 Å². The lowest BCUT2D eigenvalue weighted by Crippen LogP contribution is -2.15. The normalized spacial score (nSPS) is 11.5. The van der Waals surface area contributed by atoms with Crippen molar-refractivity contribution >= 4 is 15.7 Å². The number of benzene rings is 2. The van der Waals surface area contributed by atoms with Crippen LogP contribution in [0.15, 0.2) is 41.3 Å². The summed E-state index contributed by atoms with van der Waals surface area (Å²) in [7, 11) is -2.21. The molecular weight excluding hydrogens is 314 g/mol. The van der Waals surface area contributed by atoms with Gasteiger partial charge in [0.05, 0.1) is 17.7 Å². The summed E-state index contributed by atoms with van der Waals surface area (Å²) in [6.07, 6.45) is 0. The maximum Gasteiger partial charge on any atom is 0.261 e. The van der Waals surface area contributed by atoms with E-state index < -0.39 is 10.0 Å². The molecule has 0 saturated carbocycles. The summed E-state index contributed by atoms with van der Waals surface area (Å²) < 4.78 is 32.7. The number of hydrogen-bond acceptors (Lipinski definition) is 4. The molecule has 0 spiro atoms. The van der Waals surface area contributed by atoms with Crippen molar-refractivity contribution in [3.63, 3.8) is 0 Å². The van der Waals surface area contributed by atoms with Crippen LogP contribution in [-0.2, 0) is 10.0 Å². The highest BCUT2D eigenvalue weighted by Gasteiger charge is 2.17. The summed E-state index contributed by atoms with van der Waals surface area (Å²) in [5.41, 5.74) is 1.62. The Hall–Kier alpha value is -2.21. The molecule has 2 rings (SSSR count). The molecule has 6 heteroatoms. The molecule has 0 heterocycles. The van der Waals surface area contributed by atoms with Gasteiger partial charge in [0.15, 0.2) is 0 Å². The predicted octanol–water partition coefficient (Wildman–Crippen LogP) is 3.00. The number of ether oxygens (including phenoxy) is 1. The highest BCUT2D eigenvalue weighted by atomic mass is 32.2. The average Bonchev–Trinajstić information content (AvgIpc) is 2.50. The van der Waals surface area contributed by atoms with Crippen LogP contribution < -0.4 is 14.6 Å². The lowest BCUT2D eigenvalue weighted by molar-refractivity contribution is -0.269. The maximum absolute atomic E-state index is 12.5. The van der Waals surface area contributed by atoms with Crippen molar-refractivity contribution in [3.8, 4) is 11.5 Å². The Kier molecular flexibility index (Phi) is 4.85. The van der Waals surface area contributed by atoms with Crippen LogP contribution in [0, 0.1) is 6.92 Å². The molecule has 0 aliphatic heterocycles. The van der Waals surface area contributed by atoms with Gasteiger partial charge in [-0.25, -0.2) is 8.42 Å². The van der Waals surface area contributed by atoms with Crippen molar-refractivity contribution < 1.29 is 18.3 Å². The third kappa shape index (κ3) is 3.76. The molecule has 0 atom stereocenters. The number of anilines is 1. The Morgan fingerprint density at radius 1 is 1.13 bits per heavy atom. The molecule has 0 unspecified atom stereocenters. The number of hydrogen-bond donors (Lipinski definition) is 1. The van der Waals surface area contributed by atoms with Crippen LogP contribution >= 0.6 is 0 Å². The second-order valence-electron chi connectivity index (χ2n) is 5.64. The molecule has 0 fully saturated rings. The van der Waals surface area contributed by atoms with Gasteiger partial charge in [-0.05, 0) is 48.7 Å². The van der Waals surface area contributed by atoms with E-state index in [2.05, 4.69) is 4.72 Å². The minimum atomic E-state index is -3.73. The second-order valence-corrected chi connectivity index (χ2v) is 7.32.